The van der Waals surface area contributed by atoms with Gasteiger partial charge in [0, 0.05) is 12.8 Å². The number of carbonyl (C=O) groups is 2. The first-order valence-corrected chi connectivity index (χ1v) is 33.2. The lowest BCUT2D eigenvalue weighted by atomic mass is 10.0. The number of nitrogens with one attached hydrogen (secondary N) is 1. The van der Waals surface area contributed by atoms with E-state index in [1.54, 1.807) is 0 Å². The van der Waals surface area contributed by atoms with E-state index in [4.69, 9.17) is 4.74 Å². The molecule has 0 rings (SSSR count). The van der Waals surface area contributed by atoms with E-state index in [2.05, 4.69) is 55.6 Å². The van der Waals surface area contributed by atoms with Gasteiger partial charge >= 0.3 is 5.97 Å². The average molecular weight is 1040 g/mol. The summed E-state index contributed by atoms with van der Waals surface area (Å²) < 4.78 is 5.49. The maximum Gasteiger partial charge on any atom is 0.305 e. The highest BCUT2D eigenvalue weighted by atomic mass is 16.5. The minimum absolute atomic E-state index is 0.00134. The molecule has 0 aromatic heterocycles. The van der Waals surface area contributed by atoms with Crippen LogP contribution < -0.4 is 5.32 Å². The van der Waals surface area contributed by atoms with Gasteiger partial charge in [-0.15, -0.1) is 0 Å². The Balaban J connectivity index is 3.42. The fraction of sp³-hybridized carbons (Fsp3) is 0.882. The molecule has 0 radical (unpaired) electrons. The van der Waals surface area contributed by atoms with Crippen molar-refractivity contribution >= 4 is 11.9 Å². The molecule has 0 aliphatic heterocycles. The molecule has 0 bridgehead atoms. The summed E-state index contributed by atoms with van der Waals surface area (Å²) in [5.41, 5.74) is 0. The van der Waals surface area contributed by atoms with Crippen LogP contribution in [-0.2, 0) is 14.3 Å². The van der Waals surface area contributed by atoms with Crippen LogP contribution in [0.25, 0.3) is 0 Å². The number of carbonyl (C=O) groups excluding carboxylic acids is 2. The molecule has 6 heteroatoms. The van der Waals surface area contributed by atoms with Gasteiger partial charge in [-0.2, -0.15) is 0 Å². The molecule has 1 amide bonds. The fourth-order valence-corrected chi connectivity index (χ4v) is 10.3. The van der Waals surface area contributed by atoms with Gasteiger partial charge in [0.05, 0.1) is 25.4 Å². The van der Waals surface area contributed by atoms with Gasteiger partial charge in [-0.05, 0) is 83.5 Å². The molecule has 436 valence electrons. The SMILES string of the molecule is CCCCCC/C=C\C/C=C\CCCCCCCCCC(=O)OCCCCCCCCCCCC/C=C\CCCCCCCCCC(=O)NC(CO)C(O)CCCCCCCCCCCCCCCCCCCC. The second-order valence-corrected chi connectivity index (χ2v) is 22.8. The second kappa shape index (κ2) is 63.6. The fourth-order valence-electron chi connectivity index (χ4n) is 10.3. The number of ether oxygens (including phenoxy) is 1. The molecule has 0 spiro atoms. The van der Waals surface area contributed by atoms with Crippen LogP contribution in [0, 0.1) is 0 Å². The minimum Gasteiger partial charge on any atom is -0.466 e. The van der Waals surface area contributed by atoms with Crippen molar-refractivity contribution in [2.24, 2.45) is 0 Å². The zero-order valence-corrected chi connectivity index (χ0v) is 49.8. The molecule has 2 atom stereocenters. The first kappa shape index (κ1) is 72.1. The van der Waals surface area contributed by atoms with E-state index in [-0.39, 0.29) is 18.5 Å². The van der Waals surface area contributed by atoms with Gasteiger partial charge in [0.15, 0.2) is 0 Å². The second-order valence-electron chi connectivity index (χ2n) is 22.8. The highest BCUT2D eigenvalue weighted by Crippen LogP contribution is 2.18. The summed E-state index contributed by atoms with van der Waals surface area (Å²) in [4.78, 5) is 24.6. The lowest BCUT2D eigenvalue weighted by Gasteiger charge is -2.22. The first-order valence-electron chi connectivity index (χ1n) is 33.2. The zero-order chi connectivity index (χ0) is 53.6. The topological polar surface area (TPSA) is 95.9 Å². The Morgan fingerprint density at radius 2 is 0.676 bits per heavy atom. The van der Waals surface area contributed by atoms with Crippen LogP contribution in [0.2, 0.25) is 0 Å². The molecule has 74 heavy (non-hydrogen) atoms. The normalized spacial score (nSPS) is 12.8. The molecule has 6 nitrogen and oxygen atoms in total. The average Bonchev–Trinajstić information content (AvgIpc) is 3.40. The number of aliphatic hydroxyl groups excluding tert-OH is 2. The molecule has 0 aromatic rings. The molecule has 3 N–H and O–H groups in total. The van der Waals surface area contributed by atoms with E-state index in [0.29, 0.717) is 25.9 Å². The highest BCUT2D eigenvalue weighted by molar-refractivity contribution is 5.76. The molecule has 0 saturated heterocycles. The van der Waals surface area contributed by atoms with Crippen molar-refractivity contribution in [3.63, 3.8) is 0 Å². The maximum atomic E-state index is 12.5. The smallest absolute Gasteiger partial charge is 0.305 e. The number of esters is 1. The van der Waals surface area contributed by atoms with Gasteiger partial charge in [-0.1, -0.05) is 301 Å². The van der Waals surface area contributed by atoms with Crippen molar-refractivity contribution in [3.8, 4) is 0 Å². The molecule has 0 aliphatic carbocycles. The van der Waals surface area contributed by atoms with Crippen molar-refractivity contribution in [1.29, 1.82) is 0 Å². The Bertz CT molecular complexity index is 1200. The lowest BCUT2D eigenvalue weighted by molar-refractivity contribution is -0.143. The molecule has 0 aliphatic rings. The third kappa shape index (κ3) is 59.3. The molecule has 0 heterocycles. The number of aliphatic hydroxyl groups is 2. The van der Waals surface area contributed by atoms with Crippen molar-refractivity contribution in [1.82, 2.24) is 5.32 Å². The third-order valence-electron chi connectivity index (χ3n) is 15.4. The summed E-state index contributed by atoms with van der Waals surface area (Å²) in [5.74, 6) is -0.0389. The third-order valence-corrected chi connectivity index (χ3v) is 15.4. The number of rotatable bonds is 62. The Hall–Kier alpha value is -1.92. The minimum atomic E-state index is -0.670. The van der Waals surface area contributed by atoms with Crippen molar-refractivity contribution in [3.05, 3.63) is 36.5 Å². The molecule has 0 fully saturated rings. The molecule has 0 saturated carbocycles. The van der Waals surface area contributed by atoms with E-state index < -0.39 is 12.1 Å². The molecule has 0 aromatic carbocycles. The summed E-state index contributed by atoms with van der Waals surface area (Å²) in [5, 5.41) is 23.4. The van der Waals surface area contributed by atoms with Crippen molar-refractivity contribution in [2.75, 3.05) is 13.2 Å². The highest BCUT2D eigenvalue weighted by Gasteiger charge is 2.20. The number of hydrogen-bond acceptors (Lipinski definition) is 5. The van der Waals surface area contributed by atoms with Gasteiger partial charge in [-0.25, -0.2) is 0 Å². The van der Waals surface area contributed by atoms with Gasteiger partial charge in [0.1, 0.15) is 0 Å². The lowest BCUT2D eigenvalue weighted by Crippen LogP contribution is -2.45. The van der Waals surface area contributed by atoms with E-state index in [1.165, 1.54) is 276 Å². The summed E-state index contributed by atoms with van der Waals surface area (Å²) in [7, 11) is 0. The Kier molecular flexibility index (Phi) is 62.0. The molecule has 2 unspecified atom stereocenters. The van der Waals surface area contributed by atoms with E-state index in [9.17, 15) is 19.8 Å². The van der Waals surface area contributed by atoms with Gasteiger partial charge in [-0.3, -0.25) is 9.59 Å². The summed E-state index contributed by atoms with van der Waals surface area (Å²) in [6, 6.07) is -0.548. The Labute approximate surface area is 462 Å². The van der Waals surface area contributed by atoms with Crippen LogP contribution in [0.5, 0.6) is 0 Å². The van der Waals surface area contributed by atoms with E-state index in [1.807, 2.05) is 0 Å². The van der Waals surface area contributed by atoms with Crippen LogP contribution in [0.4, 0.5) is 0 Å². The predicted octanol–water partition coefficient (Wildman–Crippen LogP) is 21.1. The largest absolute Gasteiger partial charge is 0.466 e. The zero-order valence-electron chi connectivity index (χ0n) is 49.8. The van der Waals surface area contributed by atoms with E-state index >= 15 is 0 Å². The number of allylic oxidation sites excluding steroid dienone is 6. The predicted molar refractivity (Wildman–Crippen MR) is 324 cm³/mol. The summed E-state index contributed by atoms with van der Waals surface area (Å²) >= 11 is 0. The Morgan fingerprint density at radius 3 is 1.05 bits per heavy atom. The van der Waals surface area contributed by atoms with Gasteiger partial charge in [0.25, 0.3) is 0 Å². The number of hydrogen-bond donors (Lipinski definition) is 3. The van der Waals surface area contributed by atoms with Gasteiger partial charge < -0.3 is 20.3 Å². The van der Waals surface area contributed by atoms with Crippen LogP contribution in [0.15, 0.2) is 36.5 Å². The summed E-state index contributed by atoms with van der Waals surface area (Å²) in [6.07, 6.45) is 80.2. The maximum absolute atomic E-state index is 12.5. The number of amides is 1. The standard InChI is InChI=1S/C68H129NO5/c1-3-5-7-9-11-13-15-17-19-21-28-32-36-40-44-48-52-56-60-66(71)65(64-70)69-67(72)61-57-53-49-45-41-37-33-29-26-24-23-25-27-31-35-39-43-47-51-55-59-63-74-68(73)62-58-54-50-46-42-38-34-30-22-20-18-16-14-12-10-8-6-4-2/h14,16,20,22,24,26,65-66,70-71H,3-13,15,17-19,21,23,25,27-64H2,1-2H3,(H,69,72)/b16-14-,22-20-,26-24-. The Morgan fingerprint density at radius 1 is 0.378 bits per heavy atom. The molecular formula is C68H129NO5. The van der Waals surface area contributed by atoms with Crippen LogP contribution >= 0.6 is 0 Å². The van der Waals surface area contributed by atoms with Crippen LogP contribution in [0.1, 0.15) is 361 Å². The van der Waals surface area contributed by atoms with Crippen molar-refractivity contribution in [2.45, 2.75) is 373 Å². The molecular weight excluding hydrogens is 911 g/mol. The number of unbranched alkanes of at least 4 members (excludes halogenated alkanes) is 45. The quantitative estimate of drug-likeness (QED) is 0.0320. The monoisotopic (exact) mass is 1040 g/mol. The first-order chi connectivity index (χ1) is 36.5. The van der Waals surface area contributed by atoms with Gasteiger partial charge in [0.2, 0.25) is 5.91 Å². The summed E-state index contributed by atoms with van der Waals surface area (Å²) in [6.45, 7) is 4.95. The van der Waals surface area contributed by atoms with Crippen molar-refractivity contribution < 1.29 is 24.5 Å². The van der Waals surface area contributed by atoms with E-state index in [0.717, 1.165) is 51.4 Å². The van der Waals surface area contributed by atoms with Crippen LogP contribution in [-0.4, -0.2) is 47.4 Å². The van der Waals surface area contributed by atoms with Crippen LogP contribution in [0.3, 0.4) is 0 Å².